The van der Waals surface area contributed by atoms with Crippen LogP contribution in [0.2, 0.25) is 5.02 Å². The average Bonchev–Trinajstić information content (AvgIpc) is 2.74. The van der Waals surface area contributed by atoms with Crippen LogP contribution in [-0.2, 0) is 9.59 Å². The third-order valence-corrected chi connectivity index (χ3v) is 5.35. The molecule has 0 aromatic heterocycles. The van der Waals surface area contributed by atoms with Crippen LogP contribution >= 0.6 is 11.6 Å². The Morgan fingerprint density at radius 2 is 1.77 bits per heavy atom. The Morgan fingerprint density at radius 3 is 2.55 bits per heavy atom. The minimum absolute atomic E-state index is 0.204. The second-order valence-electron chi connectivity index (χ2n) is 7.27. The summed E-state index contributed by atoms with van der Waals surface area (Å²) in [5.74, 6) is -1.15. The summed E-state index contributed by atoms with van der Waals surface area (Å²) in [4.78, 5) is 40.6. The van der Waals surface area contributed by atoms with E-state index in [0.717, 1.165) is 5.56 Å². The zero-order valence-electron chi connectivity index (χ0n) is 16.8. The highest BCUT2D eigenvalue weighted by molar-refractivity contribution is 6.31. The number of nitrogens with one attached hydrogen (secondary N) is 2. The van der Waals surface area contributed by atoms with Gasteiger partial charge in [0.2, 0.25) is 11.8 Å². The molecule has 1 heterocycles. The van der Waals surface area contributed by atoms with Gasteiger partial charge in [0, 0.05) is 16.3 Å². The van der Waals surface area contributed by atoms with E-state index in [4.69, 9.17) is 11.6 Å². The van der Waals surface area contributed by atoms with Crippen molar-refractivity contribution in [2.75, 3.05) is 15.5 Å². The monoisotopic (exact) mass is 433 g/mol. The smallest absolute Gasteiger partial charge is 0.259 e. The Morgan fingerprint density at radius 1 is 1.03 bits per heavy atom. The zero-order valence-corrected chi connectivity index (χ0v) is 17.5. The topological polar surface area (TPSA) is 78.5 Å². The maximum Gasteiger partial charge on any atom is 0.259 e. The number of carbonyl (C=O) groups is 3. The molecule has 0 aliphatic carbocycles. The van der Waals surface area contributed by atoms with Crippen molar-refractivity contribution in [3.63, 3.8) is 0 Å². The van der Waals surface area contributed by atoms with E-state index in [2.05, 4.69) is 10.6 Å². The lowest BCUT2D eigenvalue weighted by Crippen LogP contribution is -2.52. The van der Waals surface area contributed by atoms with Gasteiger partial charge in [0.05, 0.1) is 17.8 Å². The lowest BCUT2D eigenvalue weighted by molar-refractivity contribution is -0.122. The third-order valence-electron chi connectivity index (χ3n) is 5.12. The first-order valence-corrected chi connectivity index (χ1v) is 10.2. The van der Waals surface area contributed by atoms with Crippen LogP contribution < -0.4 is 15.5 Å². The lowest BCUT2D eigenvalue weighted by Gasteiger charge is -2.36. The largest absolute Gasteiger partial charge is 0.326 e. The fourth-order valence-corrected chi connectivity index (χ4v) is 3.81. The van der Waals surface area contributed by atoms with Gasteiger partial charge in [-0.15, -0.1) is 0 Å². The molecule has 3 amide bonds. The van der Waals surface area contributed by atoms with Crippen LogP contribution in [0.1, 0.15) is 22.3 Å². The van der Waals surface area contributed by atoms with Crippen molar-refractivity contribution in [1.82, 2.24) is 0 Å². The number of benzene rings is 3. The van der Waals surface area contributed by atoms with Gasteiger partial charge < -0.3 is 10.6 Å². The van der Waals surface area contributed by atoms with Crippen LogP contribution in [0.3, 0.4) is 0 Å². The first kappa shape index (κ1) is 20.6. The van der Waals surface area contributed by atoms with E-state index >= 15 is 0 Å². The fourth-order valence-electron chi connectivity index (χ4n) is 3.62. The highest BCUT2D eigenvalue weighted by atomic mass is 35.5. The van der Waals surface area contributed by atoms with Crippen molar-refractivity contribution in [1.29, 1.82) is 0 Å². The van der Waals surface area contributed by atoms with Crippen LogP contribution in [0.4, 0.5) is 17.1 Å². The summed E-state index contributed by atoms with van der Waals surface area (Å²) in [6.07, 6.45) is -0.204. The first-order valence-electron chi connectivity index (χ1n) is 9.78. The molecule has 0 saturated heterocycles. The van der Waals surface area contributed by atoms with Crippen molar-refractivity contribution in [2.45, 2.75) is 19.4 Å². The molecule has 0 fully saturated rings. The third kappa shape index (κ3) is 4.29. The maximum absolute atomic E-state index is 13.5. The summed E-state index contributed by atoms with van der Waals surface area (Å²) >= 11 is 5.98. The van der Waals surface area contributed by atoms with Crippen molar-refractivity contribution >= 4 is 46.4 Å². The van der Waals surface area contributed by atoms with E-state index in [0.29, 0.717) is 27.6 Å². The number of hydrogen-bond acceptors (Lipinski definition) is 3. The van der Waals surface area contributed by atoms with Gasteiger partial charge in [-0.3, -0.25) is 19.3 Å². The van der Waals surface area contributed by atoms with Crippen LogP contribution in [0.25, 0.3) is 0 Å². The van der Waals surface area contributed by atoms with Gasteiger partial charge in [0.25, 0.3) is 5.91 Å². The van der Waals surface area contributed by atoms with Crippen LogP contribution in [0, 0.1) is 6.92 Å². The molecular formula is C24H20ClN3O3. The number of anilines is 3. The summed E-state index contributed by atoms with van der Waals surface area (Å²) in [7, 11) is 0. The molecule has 31 heavy (non-hydrogen) atoms. The number of fused-ring (bicyclic) bond motifs is 1. The van der Waals surface area contributed by atoms with Gasteiger partial charge in [-0.25, -0.2) is 0 Å². The number of carbonyl (C=O) groups excluding carboxylic acids is 3. The lowest BCUT2D eigenvalue weighted by atomic mass is 10.0. The Kier molecular flexibility index (Phi) is 5.73. The molecule has 3 aromatic rings. The second kappa shape index (κ2) is 8.62. The normalized spacial score (nSPS) is 15.1. The Hall–Kier alpha value is -3.64. The predicted molar refractivity (Wildman–Crippen MR) is 122 cm³/mol. The van der Waals surface area contributed by atoms with Crippen molar-refractivity contribution < 1.29 is 14.4 Å². The second-order valence-corrected chi connectivity index (χ2v) is 7.71. The van der Waals surface area contributed by atoms with Crippen LogP contribution in [0.15, 0.2) is 72.8 Å². The SMILES string of the molecule is Cc1ccccc1C(=O)N1c2ccccc2NC(=O)[C@@H]1CC(=O)Nc1cccc(Cl)c1. The van der Waals surface area contributed by atoms with E-state index in [1.165, 1.54) is 4.90 Å². The Balaban J connectivity index is 1.67. The molecule has 0 radical (unpaired) electrons. The van der Waals surface area contributed by atoms with E-state index in [-0.39, 0.29) is 12.3 Å². The van der Waals surface area contributed by atoms with Crippen molar-refractivity contribution in [2.24, 2.45) is 0 Å². The standard InChI is InChI=1S/C24H20ClN3O3/c1-15-7-2-3-10-18(15)24(31)28-20-12-5-4-11-19(20)27-23(30)21(28)14-22(29)26-17-9-6-8-16(25)13-17/h2-13,21H,14H2,1H3,(H,26,29)(H,27,30)/t21-/m0/s1. The molecule has 4 rings (SSSR count). The molecule has 6 nitrogen and oxygen atoms in total. The van der Waals surface area contributed by atoms with E-state index in [9.17, 15) is 14.4 Å². The molecule has 156 valence electrons. The molecule has 7 heteroatoms. The van der Waals surface area contributed by atoms with Crippen LogP contribution in [0.5, 0.6) is 0 Å². The number of aryl methyl sites for hydroxylation is 1. The van der Waals surface area contributed by atoms with E-state index < -0.39 is 17.9 Å². The molecule has 1 aliphatic heterocycles. The number of nitrogens with zero attached hydrogens (tertiary/aromatic N) is 1. The molecule has 3 aromatic carbocycles. The van der Waals surface area contributed by atoms with Gasteiger partial charge in [0.1, 0.15) is 6.04 Å². The molecule has 0 unspecified atom stereocenters. The molecule has 1 atom stereocenters. The molecular weight excluding hydrogens is 414 g/mol. The van der Waals surface area contributed by atoms with E-state index in [1.54, 1.807) is 60.7 Å². The number of rotatable bonds is 4. The summed E-state index contributed by atoms with van der Waals surface area (Å²) < 4.78 is 0. The maximum atomic E-state index is 13.5. The summed E-state index contributed by atoms with van der Waals surface area (Å²) in [5.41, 5.74) is 2.87. The summed E-state index contributed by atoms with van der Waals surface area (Å²) in [6, 6.07) is 20.0. The number of para-hydroxylation sites is 2. The minimum Gasteiger partial charge on any atom is -0.326 e. The molecule has 0 spiro atoms. The number of amides is 3. The highest BCUT2D eigenvalue weighted by Crippen LogP contribution is 2.34. The number of halogens is 1. The number of hydrogen-bond donors (Lipinski definition) is 2. The summed E-state index contributed by atoms with van der Waals surface area (Å²) in [5, 5.41) is 6.03. The highest BCUT2D eigenvalue weighted by Gasteiger charge is 2.38. The molecule has 2 N–H and O–H groups in total. The van der Waals surface area contributed by atoms with Crippen molar-refractivity contribution in [3.05, 3.63) is 88.9 Å². The quantitative estimate of drug-likeness (QED) is 0.628. The van der Waals surface area contributed by atoms with Gasteiger partial charge >= 0.3 is 0 Å². The van der Waals surface area contributed by atoms with Crippen LogP contribution in [-0.4, -0.2) is 23.8 Å². The van der Waals surface area contributed by atoms with Gasteiger partial charge in [-0.2, -0.15) is 0 Å². The summed E-state index contributed by atoms with van der Waals surface area (Å²) in [6.45, 7) is 1.84. The first-order chi connectivity index (χ1) is 14.9. The molecule has 0 bridgehead atoms. The minimum atomic E-state index is -0.999. The average molecular weight is 434 g/mol. The molecule has 1 aliphatic rings. The molecule has 0 saturated carbocycles. The van der Waals surface area contributed by atoms with Gasteiger partial charge in [-0.1, -0.05) is 48.0 Å². The van der Waals surface area contributed by atoms with Gasteiger partial charge in [0.15, 0.2) is 0 Å². The zero-order chi connectivity index (χ0) is 22.0. The predicted octanol–water partition coefficient (Wildman–Crippen LogP) is 4.64. The Labute approximate surface area is 184 Å². The Bertz CT molecular complexity index is 1180. The van der Waals surface area contributed by atoms with E-state index in [1.807, 2.05) is 19.1 Å². The fraction of sp³-hybridized carbons (Fsp3) is 0.125. The van der Waals surface area contributed by atoms with Gasteiger partial charge in [-0.05, 0) is 48.9 Å². The van der Waals surface area contributed by atoms with Crippen molar-refractivity contribution in [3.8, 4) is 0 Å².